The van der Waals surface area contributed by atoms with Gasteiger partial charge in [0.1, 0.15) is 5.75 Å². The molecule has 0 bridgehead atoms. The molecule has 5 nitrogen and oxygen atoms in total. The predicted molar refractivity (Wildman–Crippen MR) is 92.7 cm³/mol. The third-order valence-electron chi connectivity index (χ3n) is 3.65. The van der Waals surface area contributed by atoms with Crippen molar-refractivity contribution in [3.8, 4) is 5.75 Å². The highest BCUT2D eigenvalue weighted by Gasteiger charge is 2.19. The molecule has 2 aromatic rings. The molecule has 1 atom stereocenters. The average molecular weight is 326 g/mol. The molecule has 2 aromatic carbocycles. The minimum atomic E-state index is -0.366. The first-order valence-electron chi connectivity index (χ1n) is 8.03. The summed E-state index contributed by atoms with van der Waals surface area (Å²) in [7, 11) is 0. The normalized spacial score (nSPS) is 11.4. The van der Waals surface area contributed by atoms with Crippen molar-refractivity contribution < 1.29 is 14.3 Å². The summed E-state index contributed by atoms with van der Waals surface area (Å²) in [5.74, 6) is -0.197. The zero-order chi connectivity index (χ0) is 17.4. The van der Waals surface area contributed by atoms with Crippen molar-refractivity contribution in [3.63, 3.8) is 0 Å². The Kier molecular flexibility index (Phi) is 6.37. The summed E-state index contributed by atoms with van der Waals surface area (Å²) in [6.45, 7) is 4.40. The maximum Gasteiger partial charge on any atom is 0.269 e. The van der Waals surface area contributed by atoms with Gasteiger partial charge in [-0.15, -0.1) is 0 Å². The molecule has 2 N–H and O–H groups in total. The van der Waals surface area contributed by atoms with Crippen molar-refractivity contribution >= 4 is 11.8 Å². The lowest BCUT2D eigenvalue weighted by molar-refractivity contribution is -0.123. The van der Waals surface area contributed by atoms with Gasteiger partial charge in [0.15, 0.2) is 0 Å². The van der Waals surface area contributed by atoms with Crippen LogP contribution in [0.1, 0.15) is 42.1 Å². The van der Waals surface area contributed by atoms with E-state index in [4.69, 9.17) is 4.74 Å². The average Bonchev–Trinajstić information content (AvgIpc) is 2.62. The van der Waals surface area contributed by atoms with Crippen LogP contribution < -0.4 is 15.6 Å². The Morgan fingerprint density at radius 1 is 0.958 bits per heavy atom. The van der Waals surface area contributed by atoms with Crippen LogP contribution >= 0.6 is 0 Å². The molecule has 0 fully saturated rings. The molecule has 0 aliphatic rings. The Balaban J connectivity index is 1.93. The van der Waals surface area contributed by atoms with Crippen LogP contribution in [-0.2, 0) is 4.79 Å². The van der Waals surface area contributed by atoms with Crippen molar-refractivity contribution in [1.29, 1.82) is 0 Å². The van der Waals surface area contributed by atoms with E-state index in [-0.39, 0.29) is 17.7 Å². The van der Waals surface area contributed by atoms with Gasteiger partial charge in [0.05, 0.1) is 12.5 Å². The van der Waals surface area contributed by atoms with E-state index in [1.165, 1.54) is 0 Å². The van der Waals surface area contributed by atoms with Crippen LogP contribution in [-0.4, -0.2) is 18.4 Å². The van der Waals surface area contributed by atoms with Gasteiger partial charge in [-0.25, -0.2) is 0 Å². The molecule has 126 valence electrons. The monoisotopic (exact) mass is 326 g/mol. The largest absolute Gasteiger partial charge is 0.494 e. The number of hydrogen-bond acceptors (Lipinski definition) is 3. The third-order valence-corrected chi connectivity index (χ3v) is 3.65. The summed E-state index contributed by atoms with van der Waals surface area (Å²) in [6.07, 6.45) is 0.648. The highest BCUT2D eigenvalue weighted by molar-refractivity contribution is 5.96. The van der Waals surface area contributed by atoms with E-state index in [0.29, 0.717) is 24.3 Å². The fourth-order valence-corrected chi connectivity index (χ4v) is 2.40. The summed E-state index contributed by atoms with van der Waals surface area (Å²) in [4.78, 5) is 24.4. The number of benzene rings is 2. The molecule has 0 saturated heterocycles. The highest BCUT2D eigenvalue weighted by Crippen LogP contribution is 2.19. The van der Waals surface area contributed by atoms with Crippen molar-refractivity contribution in [3.05, 3.63) is 65.7 Å². The number of carbonyl (C=O) groups excluding carboxylic acids is 2. The minimum Gasteiger partial charge on any atom is -0.494 e. The van der Waals surface area contributed by atoms with Gasteiger partial charge in [-0.1, -0.05) is 37.3 Å². The van der Waals surface area contributed by atoms with Crippen LogP contribution in [0.15, 0.2) is 54.6 Å². The Morgan fingerprint density at radius 3 is 2.21 bits per heavy atom. The number of amides is 2. The zero-order valence-corrected chi connectivity index (χ0v) is 13.9. The van der Waals surface area contributed by atoms with E-state index in [9.17, 15) is 9.59 Å². The van der Waals surface area contributed by atoms with Crippen LogP contribution in [0.4, 0.5) is 0 Å². The lowest BCUT2D eigenvalue weighted by Crippen LogP contribution is -2.43. The van der Waals surface area contributed by atoms with Crippen LogP contribution in [0.25, 0.3) is 0 Å². The van der Waals surface area contributed by atoms with Gasteiger partial charge < -0.3 is 4.74 Å². The number of nitrogens with one attached hydrogen (secondary N) is 2. The number of carbonyl (C=O) groups is 2. The van der Waals surface area contributed by atoms with Crippen LogP contribution in [0, 0.1) is 0 Å². The summed E-state index contributed by atoms with van der Waals surface area (Å²) in [6, 6.07) is 16.2. The Hall–Kier alpha value is -2.82. The second kappa shape index (κ2) is 8.72. The van der Waals surface area contributed by atoms with E-state index in [1.54, 1.807) is 24.3 Å². The molecule has 2 amide bonds. The van der Waals surface area contributed by atoms with Crippen molar-refractivity contribution in [2.75, 3.05) is 6.61 Å². The number of rotatable bonds is 6. The molecule has 1 unspecified atom stereocenters. The van der Waals surface area contributed by atoms with E-state index >= 15 is 0 Å². The minimum absolute atomic E-state index is 0.233. The van der Waals surface area contributed by atoms with Crippen LogP contribution in [0.2, 0.25) is 0 Å². The molecule has 0 aromatic heterocycles. The second-order valence-electron chi connectivity index (χ2n) is 5.27. The van der Waals surface area contributed by atoms with Gasteiger partial charge in [0.25, 0.3) is 5.91 Å². The van der Waals surface area contributed by atoms with E-state index < -0.39 is 0 Å². The molecule has 0 aliphatic heterocycles. The maximum atomic E-state index is 12.3. The molecule has 0 saturated carbocycles. The van der Waals surface area contributed by atoms with E-state index in [1.807, 2.05) is 44.2 Å². The molecule has 0 aliphatic carbocycles. The Morgan fingerprint density at radius 2 is 1.62 bits per heavy atom. The smallest absolute Gasteiger partial charge is 0.269 e. The van der Waals surface area contributed by atoms with Crippen molar-refractivity contribution in [2.45, 2.75) is 26.2 Å². The topological polar surface area (TPSA) is 67.4 Å². The molecular formula is C19H22N2O3. The van der Waals surface area contributed by atoms with Crippen molar-refractivity contribution in [2.24, 2.45) is 0 Å². The summed E-state index contributed by atoms with van der Waals surface area (Å²) in [5.41, 5.74) is 6.33. The summed E-state index contributed by atoms with van der Waals surface area (Å²) in [5, 5.41) is 0. The van der Waals surface area contributed by atoms with E-state index in [2.05, 4.69) is 10.9 Å². The summed E-state index contributed by atoms with van der Waals surface area (Å²) < 4.78 is 5.33. The Labute approximate surface area is 142 Å². The number of ether oxygens (including phenoxy) is 1. The standard InChI is InChI=1S/C19H22N2O3/c1-3-17(14-8-6-5-7-9-14)19(23)21-20-18(22)15-10-12-16(13-11-15)24-4-2/h5-13,17H,3-4H2,1-2H3,(H,20,22)(H,21,23). The quantitative estimate of drug-likeness (QED) is 0.802. The van der Waals surface area contributed by atoms with Gasteiger partial charge in [0, 0.05) is 5.56 Å². The molecule has 24 heavy (non-hydrogen) atoms. The van der Waals surface area contributed by atoms with Gasteiger partial charge >= 0.3 is 0 Å². The van der Waals surface area contributed by atoms with Gasteiger partial charge in [-0.3, -0.25) is 20.4 Å². The lowest BCUT2D eigenvalue weighted by Gasteiger charge is -2.16. The molecule has 2 rings (SSSR count). The van der Waals surface area contributed by atoms with E-state index in [0.717, 1.165) is 5.56 Å². The lowest BCUT2D eigenvalue weighted by atomic mass is 9.96. The first kappa shape index (κ1) is 17.5. The predicted octanol–water partition coefficient (Wildman–Crippen LogP) is 3.04. The third kappa shape index (κ3) is 4.59. The first-order chi connectivity index (χ1) is 11.7. The number of hydrogen-bond donors (Lipinski definition) is 2. The molecule has 0 heterocycles. The SMILES string of the molecule is CCOc1ccc(C(=O)NNC(=O)C(CC)c2ccccc2)cc1. The van der Waals surface area contributed by atoms with Crippen molar-refractivity contribution in [1.82, 2.24) is 10.9 Å². The fourth-order valence-electron chi connectivity index (χ4n) is 2.40. The van der Waals surface area contributed by atoms with Crippen LogP contribution in [0.5, 0.6) is 5.75 Å². The fraction of sp³-hybridized carbons (Fsp3) is 0.263. The van der Waals surface area contributed by atoms with Crippen LogP contribution in [0.3, 0.4) is 0 Å². The zero-order valence-electron chi connectivity index (χ0n) is 13.9. The highest BCUT2D eigenvalue weighted by atomic mass is 16.5. The second-order valence-corrected chi connectivity index (χ2v) is 5.27. The van der Waals surface area contributed by atoms with Gasteiger partial charge in [-0.05, 0) is 43.2 Å². The summed E-state index contributed by atoms with van der Waals surface area (Å²) >= 11 is 0. The van der Waals surface area contributed by atoms with Gasteiger partial charge in [-0.2, -0.15) is 0 Å². The molecule has 0 radical (unpaired) electrons. The Bertz CT molecular complexity index is 669. The molecular weight excluding hydrogens is 304 g/mol. The number of hydrazine groups is 1. The molecule has 0 spiro atoms. The first-order valence-corrected chi connectivity index (χ1v) is 8.03. The maximum absolute atomic E-state index is 12.3. The molecule has 5 heteroatoms. The van der Waals surface area contributed by atoms with Gasteiger partial charge in [0.2, 0.25) is 5.91 Å².